The molecule has 1 unspecified atom stereocenters. The van der Waals surface area contributed by atoms with Gasteiger partial charge in [-0.15, -0.1) is 11.6 Å². The van der Waals surface area contributed by atoms with Crippen molar-refractivity contribution in [2.24, 2.45) is 0 Å². The molecule has 1 atom stereocenters. The van der Waals surface area contributed by atoms with Crippen LogP contribution in [0.2, 0.25) is 0 Å². The van der Waals surface area contributed by atoms with Gasteiger partial charge in [-0.2, -0.15) is 5.26 Å². The molecule has 1 rings (SSSR count). The Bertz CT molecular complexity index is 424. The van der Waals surface area contributed by atoms with Gasteiger partial charge in [0.15, 0.2) is 5.78 Å². The van der Waals surface area contributed by atoms with Crippen molar-refractivity contribution in [2.45, 2.75) is 18.8 Å². The van der Waals surface area contributed by atoms with E-state index in [0.717, 1.165) is 0 Å². The van der Waals surface area contributed by atoms with Crippen molar-refractivity contribution >= 4 is 17.4 Å². The van der Waals surface area contributed by atoms with Crippen molar-refractivity contribution in [1.82, 2.24) is 0 Å². The molecular formula is C12H11ClFNO. The van der Waals surface area contributed by atoms with Crippen LogP contribution in [0.3, 0.4) is 0 Å². The van der Waals surface area contributed by atoms with Gasteiger partial charge in [0.05, 0.1) is 6.07 Å². The minimum Gasteiger partial charge on any atom is -0.298 e. The number of hydrogen-bond acceptors (Lipinski definition) is 2. The van der Waals surface area contributed by atoms with Gasteiger partial charge in [-0.1, -0.05) is 12.1 Å². The fourth-order valence-corrected chi connectivity index (χ4v) is 1.88. The summed E-state index contributed by atoms with van der Waals surface area (Å²) in [4.78, 5) is 11.6. The Balaban J connectivity index is 3.26. The number of carbonyl (C=O) groups excluding carboxylic acids is 1. The molecule has 0 aliphatic heterocycles. The van der Waals surface area contributed by atoms with Crippen LogP contribution in [0.5, 0.6) is 0 Å². The van der Waals surface area contributed by atoms with Crippen LogP contribution in [0.4, 0.5) is 4.39 Å². The molecule has 1 aromatic carbocycles. The molecule has 0 heterocycles. The summed E-state index contributed by atoms with van der Waals surface area (Å²) in [5.74, 6) is -0.475. The standard InChI is InChI=1S/C12H11ClFNO/c1-9(16)12(8-15,6-7-13)10-2-4-11(14)5-3-10/h2-5H,6-7H2,1H3. The third-order valence-corrected chi connectivity index (χ3v) is 2.79. The monoisotopic (exact) mass is 239 g/mol. The summed E-state index contributed by atoms with van der Waals surface area (Å²) in [7, 11) is 0. The van der Waals surface area contributed by atoms with Crippen LogP contribution in [0, 0.1) is 17.1 Å². The van der Waals surface area contributed by atoms with Crippen LogP contribution in [0.25, 0.3) is 0 Å². The number of hydrogen-bond donors (Lipinski definition) is 0. The number of ketones is 1. The largest absolute Gasteiger partial charge is 0.298 e. The fraction of sp³-hybridized carbons (Fsp3) is 0.333. The molecule has 1 aromatic rings. The third kappa shape index (κ3) is 2.23. The lowest BCUT2D eigenvalue weighted by molar-refractivity contribution is -0.120. The van der Waals surface area contributed by atoms with Gasteiger partial charge in [-0.3, -0.25) is 4.79 Å². The van der Waals surface area contributed by atoms with E-state index < -0.39 is 11.2 Å². The SMILES string of the molecule is CC(=O)C(C#N)(CCCl)c1ccc(F)cc1. The smallest absolute Gasteiger partial charge is 0.154 e. The zero-order valence-electron chi connectivity index (χ0n) is 8.84. The molecule has 0 saturated carbocycles. The van der Waals surface area contributed by atoms with Gasteiger partial charge in [-0.05, 0) is 31.0 Å². The lowest BCUT2D eigenvalue weighted by Gasteiger charge is -2.23. The van der Waals surface area contributed by atoms with Crippen LogP contribution >= 0.6 is 11.6 Å². The predicted octanol–water partition coefficient (Wildman–Crippen LogP) is 2.80. The van der Waals surface area contributed by atoms with Crippen LogP contribution in [0.1, 0.15) is 18.9 Å². The zero-order chi connectivity index (χ0) is 12.2. The number of nitrogens with zero attached hydrogens (tertiary/aromatic N) is 1. The highest BCUT2D eigenvalue weighted by Crippen LogP contribution is 2.29. The molecule has 16 heavy (non-hydrogen) atoms. The Kier molecular flexibility index (Phi) is 4.03. The molecule has 0 bridgehead atoms. The Morgan fingerprint density at radius 1 is 1.50 bits per heavy atom. The van der Waals surface area contributed by atoms with Gasteiger partial charge in [0.25, 0.3) is 0 Å². The molecule has 0 aromatic heterocycles. The molecule has 0 aliphatic carbocycles. The Morgan fingerprint density at radius 3 is 2.44 bits per heavy atom. The maximum Gasteiger partial charge on any atom is 0.154 e. The minimum absolute atomic E-state index is 0.199. The normalized spacial score (nSPS) is 13.9. The van der Waals surface area contributed by atoms with Crippen LogP contribution < -0.4 is 0 Å². The first-order valence-corrected chi connectivity index (χ1v) is 5.34. The summed E-state index contributed by atoms with van der Waals surface area (Å²) < 4.78 is 12.8. The number of halogens is 2. The van der Waals surface area contributed by atoms with Crippen molar-refractivity contribution in [1.29, 1.82) is 5.26 Å². The highest BCUT2D eigenvalue weighted by atomic mass is 35.5. The van der Waals surface area contributed by atoms with E-state index >= 15 is 0 Å². The zero-order valence-corrected chi connectivity index (χ0v) is 9.59. The molecular weight excluding hydrogens is 229 g/mol. The van der Waals surface area contributed by atoms with E-state index in [1.165, 1.54) is 31.2 Å². The van der Waals surface area contributed by atoms with E-state index in [2.05, 4.69) is 0 Å². The topological polar surface area (TPSA) is 40.9 Å². The van der Waals surface area contributed by atoms with Crippen molar-refractivity contribution in [3.63, 3.8) is 0 Å². The maximum atomic E-state index is 12.8. The summed E-state index contributed by atoms with van der Waals surface area (Å²) in [6, 6.07) is 7.37. The number of rotatable bonds is 4. The van der Waals surface area contributed by atoms with Crippen molar-refractivity contribution in [2.75, 3.05) is 5.88 Å². The lowest BCUT2D eigenvalue weighted by atomic mass is 9.76. The number of nitriles is 1. The second-order valence-corrected chi connectivity index (χ2v) is 3.90. The van der Waals surface area contributed by atoms with Crippen LogP contribution in [-0.4, -0.2) is 11.7 Å². The van der Waals surface area contributed by atoms with Crippen molar-refractivity contribution in [3.8, 4) is 6.07 Å². The molecule has 84 valence electrons. The highest BCUT2D eigenvalue weighted by Gasteiger charge is 2.36. The first-order chi connectivity index (χ1) is 7.56. The van der Waals surface area contributed by atoms with E-state index in [4.69, 9.17) is 11.6 Å². The highest BCUT2D eigenvalue weighted by molar-refractivity contribution is 6.18. The van der Waals surface area contributed by atoms with E-state index in [1.54, 1.807) is 0 Å². The molecule has 0 aliphatic rings. The van der Waals surface area contributed by atoms with E-state index in [0.29, 0.717) is 5.56 Å². The predicted molar refractivity (Wildman–Crippen MR) is 59.7 cm³/mol. The summed E-state index contributed by atoms with van der Waals surface area (Å²) >= 11 is 5.61. The fourth-order valence-electron chi connectivity index (χ4n) is 1.60. The van der Waals surface area contributed by atoms with E-state index in [-0.39, 0.29) is 18.1 Å². The number of Topliss-reactive ketones (excluding diaryl/α,β-unsaturated/α-hetero) is 1. The van der Waals surface area contributed by atoms with Gasteiger partial charge >= 0.3 is 0 Å². The van der Waals surface area contributed by atoms with Crippen LogP contribution in [-0.2, 0) is 10.2 Å². The summed E-state index contributed by atoms with van der Waals surface area (Å²) in [6.07, 6.45) is 0.228. The first kappa shape index (κ1) is 12.7. The molecule has 0 fully saturated rings. The maximum absolute atomic E-state index is 12.8. The molecule has 0 saturated heterocycles. The molecule has 0 N–H and O–H groups in total. The molecule has 4 heteroatoms. The lowest BCUT2D eigenvalue weighted by Crippen LogP contribution is -2.33. The van der Waals surface area contributed by atoms with Gasteiger partial charge in [-0.25, -0.2) is 4.39 Å². The first-order valence-electron chi connectivity index (χ1n) is 4.81. The Labute approximate surface area is 98.6 Å². The van der Waals surface area contributed by atoms with E-state index in [9.17, 15) is 14.4 Å². The van der Waals surface area contributed by atoms with Gasteiger partial charge in [0.2, 0.25) is 0 Å². The van der Waals surface area contributed by atoms with Crippen molar-refractivity contribution in [3.05, 3.63) is 35.6 Å². The average Bonchev–Trinajstić information content (AvgIpc) is 2.27. The molecule has 0 radical (unpaired) electrons. The summed E-state index contributed by atoms with van der Waals surface area (Å²) in [5.41, 5.74) is -0.764. The summed E-state index contributed by atoms with van der Waals surface area (Å²) in [5, 5.41) is 9.18. The number of benzene rings is 1. The second kappa shape index (κ2) is 5.09. The van der Waals surface area contributed by atoms with Gasteiger partial charge in [0.1, 0.15) is 11.2 Å². The Morgan fingerprint density at radius 2 is 2.06 bits per heavy atom. The van der Waals surface area contributed by atoms with Gasteiger partial charge in [0, 0.05) is 5.88 Å². The van der Waals surface area contributed by atoms with Crippen molar-refractivity contribution < 1.29 is 9.18 Å². The molecule has 0 amide bonds. The summed E-state index contributed by atoms with van der Waals surface area (Å²) in [6.45, 7) is 1.35. The molecule has 0 spiro atoms. The number of alkyl halides is 1. The Hall–Kier alpha value is -1.40. The molecule has 2 nitrogen and oxygen atoms in total. The van der Waals surface area contributed by atoms with Gasteiger partial charge < -0.3 is 0 Å². The number of carbonyl (C=O) groups is 1. The average molecular weight is 240 g/mol. The second-order valence-electron chi connectivity index (χ2n) is 3.52. The van der Waals surface area contributed by atoms with Crippen LogP contribution in [0.15, 0.2) is 24.3 Å². The minimum atomic E-state index is -1.25. The quantitative estimate of drug-likeness (QED) is 0.758. The van der Waals surface area contributed by atoms with E-state index in [1.807, 2.05) is 6.07 Å². The third-order valence-electron chi connectivity index (χ3n) is 2.60.